The van der Waals surface area contributed by atoms with Gasteiger partial charge < -0.3 is 15.2 Å². The van der Waals surface area contributed by atoms with Crippen LogP contribution in [0.1, 0.15) is 10.4 Å². The minimum atomic E-state index is -4.92. The number of nitrogen functional groups attached to an aromatic ring is 1. The molecule has 1 aromatic heterocycles. The number of hydrogen-bond donors (Lipinski definition) is 1. The van der Waals surface area contributed by atoms with Gasteiger partial charge in [-0.15, -0.1) is 13.2 Å². The Labute approximate surface area is 88.0 Å². The van der Waals surface area contributed by atoms with Gasteiger partial charge in [0.15, 0.2) is 0 Å². The molecule has 0 bridgehead atoms. The summed E-state index contributed by atoms with van der Waals surface area (Å²) in [6, 6.07) is 0.791. The van der Waals surface area contributed by atoms with Crippen molar-refractivity contribution in [2.45, 2.75) is 6.36 Å². The first kappa shape index (κ1) is 12.1. The van der Waals surface area contributed by atoms with Crippen LogP contribution in [0.3, 0.4) is 0 Å². The molecule has 2 N–H and O–H groups in total. The SMILES string of the molecule is COC(=O)c1cnc(N)cc1OC(F)(F)F. The van der Waals surface area contributed by atoms with E-state index in [4.69, 9.17) is 5.73 Å². The van der Waals surface area contributed by atoms with E-state index in [9.17, 15) is 18.0 Å². The molecular weight excluding hydrogens is 229 g/mol. The third-order valence-corrected chi connectivity index (χ3v) is 1.52. The van der Waals surface area contributed by atoms with Gasteiger partial charge >= 0.3 is 12.3 Å². The molecule has 0 spiro atoms. The number of carbonyl (C=O) groups excluding carboxylic acids is 1. The predicted molar refractivity (Wildman–Crippen MR) is 46.7 cm³/mol. The molecule has 0 aromatic carbocycles. The minimum Gasteiger partial charge on any atom is -0.465 e. The lowest BCUT2D eigenvalue weighted by atomic mass is 10.2. The molecule has 88 valence electrons. The molecular formula is C8H7F3N2O3. The van der Waals surface area contributed by atoms with Gasteiger partial charge in [0.25, 0.3) is 0 Å². The van der Waals surface area contributed by atoms with Crippen LogP contribution in [0, 0.1) is 0 Å². The first-order valence-electron chi connectivity index (χ1n) is 3.93. The molecule has 8 heteroatoms. The van der Waals surface area contributed by atoms with Crippen molar-refractivity contribution in [2.24, 2.45) is 0 Å². The number of hydrogen-bond acceptors (Lipinski definition) is 5. The third-order valence-electron chi connectivity index (χ3n) is 1.52. The first-order chi connectivity index (χ1) is 7.33. The number of nitrogens with zero attached hydrogens (tertiary/aromatic N) is 1. The lowest BCUT2D eigenvalue weighted by molar-refractivity contribution is -0.274. The Kier molecular flexibility index (Phi) is 3.21. The maximum absolute atomic E-state index is 12.0. The summed E-state index contributed by atoms with van der Waals surface area (Å²) in [7, 11) is 1.02. The second-order valence-corrected chi connectivity index (χ2v) is 2.64. The standard InChI is InChI=1S/C8H7F3N2O3/c1-15-7(14)4-3-13-6(12)2-5(4)16-8(9,10)11/h2-3H,1H3,(H2,12,13). The molecule has 0 aliphatic heterocycles. The van der Waals surface area contributed by atoms with Gasteiger partial charge in [0.2, 0.25) is 0 Å². The quantitative estimate of drug-likeness (QED) is 0.784. The number of pyridine rings is 1. The van der Waals surface area contributed by atoms with Crippen molar-refractivity contribution in [3.8, 4) is 5.75 Å². The van der Waals surface area contributed by atoms with E-state index in [1.165, 1.54) is 0 Å². The fourth-order valence-electron chi connectivity index (χ4n) is 0.924. The molecule has 1 rings (SSSR count). The van der Waals surface area contributed by atoms with Gasteiger partial charge in [-0.3, -0.25) is 0 Å². The minimum absolute atomic E-state index is 0.202. The van der Waals surface area contributed by atoms with Gasteiger partial charge in [-0.25, -0.2) is 9.78 Å². The molecule has 0 radical (unpaired) electrons. The van der Waals surface area contributed by atoms with Crippen molar-refractivity contribution in [3.05, 3.63) is 17.8 Å². The summed E-state index contributed by atoms with van der Waals surface area (Å²) < 4.78 is 43.8. The van der Waals surface area contributed by atoms with Crippen LogP contribution in [0.25, 0.3) is 0 Å². The number of methoxy groups -OCH3 is 1. The van der Waals surface area contributed by atoms with Crippen LogP contribution >= 0.6 is 0 Å². The molecule has 0 atom stereocenters. The van der Waals surface area contributed by atoms with Crippen LogP contribution in [0.15, 0.2) is 12.3 Å². The average Bonchev–Trinajstić information content (AvgIpc) is 2.14. The summed E-state index contributed by atoms with van der Waals surface area (Å²) in [6.45, 7) is 0. The molecule has 1 aromatic rings. The number of esters is 1. The van der Waals surface area contributed by atoms with Crippen molar-refractivity contribution in [2.75, 3.05) is 12.8 Å². The molecule has 0 saturated heterocycles. The number of halogens is 3. The van der Waals surface area contributed by atoms with Gasteiger partial charge in [0, 0.05) is 12.3 Å². The highest BCUT2D eigenvalue weighted by Gasteiger charge is 2.33. The summed E-state index contributed by atoms with van der Waals surface area (Å²) in [6.07, 6.45) is -4.07. The predicted octanol–water partition coefficient (Wildman–Crippen LogP) is 1.35. The van der Waals surface area contributed by atoms with Crippen molar-refractivity contribution in [1.29, 1.82) is 0 Å². The monoisotopic (exact) mass is 236 g/mol. The van der Waals surface area contributed by atoms with Crippen LogP contribution in [0.4, 0.5) is 19.0 Å². The number of rotatable bonds is 2. The van der Waals surface area contributed by atoms with E-state index in [1.807, 2.05) is 0 Å². The van der Waals surface area contributed by atoms with E-state index in [0.29, 0.717) is 0 Å². The van der Waals surface area contributed by atoms with Gasteiger partial charge in [0.1, 0.15) is 17.1 Å². The summed E-state index contributed by atoms with van der Waals surface area (Å²) in [4.78, 5) is 14.5. The highest BCUT2D eigenvalue weighted by atomic mass is 19.4. The zero-order valence-corrected chi connectivity index (χ0v) is 8.04. The lowest BCUT2D eigenvalue weighted by Crippen LogP contribution is -2.19. The number of nitrogens with two attached hydrogens (primary N) is 1. The molecule has 5 nitrogen and oxygen atoms in total. The topological polar surface area (TPSA) is 74.4 Å². The number of anilines is 1. The fourth-order valence-corrected chi connectivity index (χ4v) is 0.924. The van der Waals surface area contributed by atoms with E-state index in [2.05, 4.69) is 14.5 Å². The summed E-state index contributed by atoms with van der Waals surface area (Å²) >= 11 is 0. The van der Waals surface area contributed by atoms with Crippen LogP contribution in [-0.4, -0.2) is 24.4 Å². The normalized spacial score (nSPS) is 11.0. The highest BCUT2D eigenvalue weighted by Crippen LogP contribution is 2.27. The Morgan fingerprint density at radius 3 is 2.62 bits per heavy atom. The molecule has 0 unspecified atom stereocenters. The number of carbonyl (C=O) groups is 1. The molecule has 0 aliphatic rings. The number of aromatic nitrogens is 1. The second kappa shape index (κ2) is 4.25. The smallest absolute Gasteiger partial charge is 0.465 e. The number of ether oxygens (including phenoxy) is 2. The van der Waals surface area contributed by atoms with E-state index in [0.717, 1.165) is 19.4 Å². The maximum atomic E-state index is 12.0. The third kappa shape index (κ3) is 3.01. The Morgan fingerprint density at radius 2 is 2.12 bits per heavy atom. The fraction of sp³-hybridized carbons (Fsp3) is 0.250. The maximum Gasteiger partial charge on any atom is 0.573 e. The summed E-state index contributed by atoms with van der Waals surface area (Å²) in [5, 5.41) is 0. The molecule has 16 heavy (non-hydrogen) atoms. The van der Waals surface area contributed by atoms with E-state index >= 15 is 0 Å². The molecule has 0 saturated carbocycles. The highest BCUT2D eigenvalue weighted by molar-refractivity contribution is 5.92. The molecule has 1 heterocycles. The van der Waals surface area contributed by atoms with Crippen LogP contribution < -0.4 is 10.5 Å². The van der Waals surface area contributed by atoms with Crippen molar-refractivity contribution >= 4 is 11.8 Å². The molecule has 0 aliphatic carbocycles. The van der Waals surface area contributed by atoms with Crippen molar-refractivity contribution in [3.63, 3.8) is 0 Å². The van der Waals surface area contributed by atoms with Gasteiger partial charge in [-0.2, -0.15) is 0 Å². The number of alkyl halides is 3. The van der Waals surface area contributed by atoms with E-state index < -0.39 is 23.6 Å². The Morgan fingerprint density at radius 1 is 1.50 bits per heavy atom. The molecule has 0 fully saturated rings. The Bertz CT molecular complexity index is 406. The second-order valence-electron chi connectivity index (χ2n) is 2.64. The largest absolute Gasteiger partial charge is 0.573 e. The van der Waals surface area contributed by atoms with Crippen LogP contribution in [0.5, 0.6) is 5.75 Å². The zero-order valence-electron chi connectivity index (χ0n) is 8.04. The van der Waals surface area contributed by atoms with Crippen LogP contribution in [-0.2, 0) is 4.74 Å². The van der Waals surface area contributed by atoms with E-state index in [1.54, 1.807) is 0 Å². The average molecular weight is 236 g/mol. The van der Waals surface area contributed by atoms with Gasteiger partial charge in [-0.05, 0) is 0 Å². The van der Waals surface area contributed by atoms with Gasteiger partial charge in [-0.1, -0.05) is 0 Å². The van der Waals surface area contributed by atoms with Gasteiger partial charge in [0.05, 0.1) is 7.11 Å². The lowest BCUT2D eigenvalue weighted by Gasteiger charge is -2.11. The Balaban J connectivity index is 3.13. The van der Waals surface area contributed by atoms with Crippen molar-refractivity contribution < 1.29 is 27.4 Å². The Hall–Kier alpha value is -1.99. The summed E-state index contributed by atoms with van der Waals surface area (Å²) in [5.41, 5.74) is 4.73. The first-order valence-corrected chi connectivity index (χ1v) is 3.93. The van der Waals surface area contributed by atoms with Crippen molar-refractivity contribution in [1.82, 2.24) is 4.98 Å². The van der Waals surface area contributed by atoms with Crippen LogP contribution in [0.2, 0.25) is 0 Å². The molecule has 0 amide bonds. The zero-order chi connectivity index (χ0) is 12.3. The van der Waals surface area contributed by atoms with E-state index in [-0.39, 0.29) is 5.82 Å². The summed E-state index contributed by atoms with van der Waals surface area (Å²) in [5.74, 6) is -1.94.